The van der Waals surface area contributed by atoms with Crippen LogP contribution in [0.3, 0.4) is 0 Å². The van der Waals surface area contributed by atoms with E-state index in [-0.39, 0.29) is 6.04 Å². The van der Waals surface area contributed by atoms with Gasteiger partial charge in [-0.05, 0) is 32.9 Å². The van der Waals surface area contributed by atoms with E-state index in [0.717, 1.165) is 25.9 Å². The van der Waals surface area contributed by atoms with Gasteiger partial charge in [0.05, 0.1) is 6.04 Å². The molecule has 1 atom stereocenters. The molecule has 0 bridgehead atoms. The van der Waals surface area contributed by atoms with Gasteiger partial charge in [0, 0.05) is 0 Å². The Morgan fingerprint density at radius 2 is 1.92 bits per heavy atom. The van der Waals surface area contributed by atoms with Crippen LogP contribution in [0.25, 0.3) is 0 Å². The van der Waals surface area contributed by atoms with Crippen molar-refractivity contribution < 1.29 is 4.79 Å². The topological polar surface area (TPSA) is 20.3 Å². The van der Waals surface area contributed by atoms with Crippen molar-refractivity contribution in [2.24, 2.45) is 0 Å². The molecule has 0 rings (SSSR count). The average molecular weight is 171 g/mol. The fourth-order valence-corrected chi connectivity index (χ4v) is 1.62. The van der Waals surface area contributed by atoms with Gasteiger partial charge in [0.2, 0.25) is 0 Å². The van der Waals surface area contributed by atoms with E-state index in [1.165, 1.54) is 0 Å². The van der Waals surface area contributed by atoms with E-state index >= 15 is 0 Å². The maximum Gasteiger partial charge on any atom is 0.146 e. The van der Waals surface area contributed by atoms with Crippen LogP contribution in [0.1, 0.15) is 40.5 Å². The van der Waals surface area contributed by atoms with Crippen LogP contribution in [0, 0.1) is 0 Å². The van der Waals surface area contributed by atoms with E-state index in [9.17, 15) is 4.79 Å². The molecule has 0 aliphatic carbocycles. The molecular weight excluding hydrogens is 150 g/mol. The average Bonchev–Trinajstić information content (AvgIpc) is 2.03. The van der Waals surface area contributed by atoms with Crippen molar-refractivity contribution in [2.45, 2.75) is 46.6 Å². The monoisotopic (exact) mass is 171 g/mol. The number of nitrogens with zero attached hydrogens (tertiary/aromatic N) is 1. The Hall–Kier alpha value is -0.370. The summed E-state index contributed by atoms with van der Waals surface area (Å²) in [5.74, 6) is 0.299. The molecule has 0 amide bonds. The quantitative estimate of drug-likeness (QED) is 0.610. The SMILES string of the molecule is CCCN(CC)[C@H](CC)C(C)=O. The van der Waals surface area contributed by atoms with Crippen LogP contribution in [0.2, 0.25) is 0 Å². The summed E-state index contributed by atoms with van der Waals surface area (Å²) < 4.78 is 0. The molecule has 0 fully saturated rings. The number of likely N-dealkylation sites (N-methyl/N-ethyl adjacent to an activating group) is 1. The minimum atomic E-state index is 0.148. The Morgan fingerprint density at radius 3 is 2.17 bits per heavy atom. The number of carbonyl (C=O) groups is 1. The van der Waals surface area contributed by atoms with E-state index in [1.54, 1.807) is 6.92 Å². The summed E-state index contributed by atoms with van der Waals surface area (Å²) in [6.45, 7) is 10.0. The lowest BCUT2D eigenvalue weighted by Gasteiger charge is -2.27. The van der Waals surface area contributed by atoms with Gasteiger partial charge in [-0.3, -0.25) is 9.69 Å². The van der Waals surface area contributed by atoms with E-state index in [2.05, 4.69) is 25.7 Å². The molecule has 0 heterocycles. The molecule has 2 heteroatoms. The maximum absolute atomic E-state index is 11.2. The molecule has 0 aromatic heterocycles. The second-order valence-corrected chi connectivity index (χ2v) is 3.16. The highest BCUT2D eigenvalue weighted by atomic mass is 16.1. The summed E-state index contributed by atoms with van der Waals surface area (Å²) in [6.07, 6.45) is 2.06. The third-order valence-corrected chi connectivity index (χ3v) is 2.21. The Morgan fingerprint density at radius 1 is 1.33 bits per heavy atom. The molecule has 0 radical (unpaired) electrons. The van der Waals surface area contributed by atoms with Crippen LogP contribution in [0.15, 0.2) is 0 Å². The lowest BCUT2D eigenvalue weighted by atomic mass is 10.1. The van der Waals surface area contributed by atoms with Crippen LogP contribution >= 0.6 is 0 Å². The standard InChI is InChI=1S/C10H21NO/c1-5-8-11(7-3)10(6-2)9(4)12/h10H,5-8H2,1-4H3/t10-/m1/s1. The van der Waals surface area contributed by atoms with E-state index in [0.29, 0.717) is 5.78 Å². The first kappa shape index (κ1) is 11.6. The highest BCUT2D eigenvalue weighted by Gasteiger charge is 2.17. The van der Waals surface area contributed by atoms with Crippen molar-refractivity contribution in [3.05, 3.63) is 0 Å². The number of hydrogen-bond donors (Lipinski definition) is 0. The molecule has 72 valence electrons. The summed E-state index contributed by atoms with van der Waals surface area (Å²) in [4.78, 5) is 13.5. The molecular formula is C10H21NO. The third-order valence-electron chi connectivity index (χ3n) is 2.21. The molecule has 0 saturated carbocycles. The molecule has 0 saturated heterocycles. The fourth-order valence-electron chi connectivity index (χ4n) is 1.62. The second-order valence-electron chi connectivity index (χ2n) is 3.16. The second kappa shape index (κ2) is 6.18. The Balaban J connectivity index is 4.12. The highest BCUT2D eigenvalue weighted by Crippen LogP contribution is 2.05. The van der Waals surface area contributed by atoms with Gasteiger partial charge in [0.15, 0.2) is 0 Å². The molecule has 0 aromatic rings. The van der Waals surface area contributed by atoms with E-state index in [1.807, 2.05) is 0 Å². The molecule has 0 spiro atoms. The lowest BCUT2D eigenvalue weighted by molar-refractivity contribution is -0.122. The summed E-state index contributed by atoms with van der Waals surface area (Å²) >= 11 is 0. The van der Waals surface area contributed by atoms with Gasteiger partial charge in [0.1, 0.15) is 5.78 Å². The van der Waals surface area contributed by atoms with E-state index < -0.39 is 0 Å². The third kappa shape index (κ3) is 3.35. The normalized spacial score (nSPS) is 13.4. The van der Waals surface area contributed by atoms with Crippen molar-refractivity contribution >= 4 is 5.78 Å². The summed E-state index contributed by atoms with van der Waals surface area (Å²) in [7, 11) is 0. The van der Waals surface area contributed by atoms with E-state index in [4.69, 9.17) is 0 Å². The molecule has 0 aromatic carbocycles. The number of carbonyl (C=O) groups excluding carboxylic acids is 1. The van der Waals surface area contributed by atoms with Crippen molar-refractivity contribution in [1.82, 2.24) is 4.90 Å². The van der Waals surface area contributed by atoms with Gasteiger partial charge in [-0.15, -0.1) is 0 Å². The van der Waals surface area contributed by atoms with Gasteiger partial charge in [-0.2, -0.15) is 0 Å². The van der Waals surface area contributed by atoms with Gasteiger partial charge in [-0.1, -0.05) is 20.8 Å². The molecule has 0 aliphatic heterocycles. The zero-order valence-electron chi connectivity index (χ0n) is 8.76. The summed E-state index contributed by atoms with van der Waals surface area (Å²) in [5.41, 5.74) is 0. The minimum absolute atomic E-state index is 0.148. The van der Waals surface area contributed by atoms with Crippen molar-refractivity contribution in [2.75, 3.05) is 13.1 Å². The number of Topliss-reactive ketones (excluding diaryl/α,β-unsaturated/α-hetero) is 1. The summed E-state index contributed by atoms with van der Waals surface area (Å²) in [5, 5.41) is 0. The predicted octanol–water partition coefficient (Wildman–Crippen LogP) is 2.09. The maximum atomic E-state index is 11.2. The van der Waals surface area contributed by atoms with Crippen molar-refractivity contribution in [1.29, 1.82) is 0 Å². The molecule has 12 heavy (non-hydrogen) atoms. The van der Waals surface area contributed by atoms with Crippen LogP contribution in [-0.4, -0.2) is 29.8 Å². The van der Waals surface area contributed by atoms with Gasteiger partial charge < -0.3 is 0 Å². The first-order chi connectivity index (χ1) is 5.67. The molecule has 0 unspecified atom stereocenters. The molecule has 0 N–H and O–H groups in total. The lowest BCUT2D eigenvalue weighted by Crippen LogP contribution is -2.40. The largest absolute Gasteiger partial charge is 0.298 e. The first-order valence-electron chi connectivity index (χ1n) is 4.91. The van der Waals surface area contributed by atoms with Gasteiger partial charge >= 0.3 is 0 Å². The van der Waals surface area contributed by atoms with Crippen molar-refractivity contribution in [3.8, 4) is 0 Å². The number of ketones is 1. The number of rotatable bonds is 6. The van der Waals surface area contributed by atoms with Gasteiger partial charge in [0.25, 0.3) is 0 Å². The summed E-state index contributed by atoms with van der Waals surface area (Å²) in [6, 6.07) is 0.148. The minimum Gasteiger partial charge on any atom is -0.298 e. The molecule has 0 aliphatic rings. The Kier molecular flexibility index (Phi) is 5.99. The van der Waals surface area contributed by atoms with Crippen molar-refractivity contribution in [3.63, 3.8) is 0 Å². The zero-order chi connectivity index (χ0) is 9.56. The van der Waals surface area contributed by atoms with Crippen LogP contribution in [0.5, 0.6) is 0 Å². The molecule has 2 nitrogen and oxygen atoms in total. The zero-order valence-corrected chi connectivity index (χ0v) is 8.76. The Bertz CT molecular complexity index is 134. The van der Waals surface area contributed by atoms with Crippen LogP contribution < -0.4 is 0 Å². The number of hydrogen-bond acceptors (Lipinski definition) is 2. The first-order valence-corrected chi connectivity index (χ1v) is 4.91. The smallest absolute Gasteiger partial charge is 0.146 e. The fraction of sp³-hybridized carbons (Fsp3) is 0.900. The predicted molar refractivity (Wildman–Crippen MR) is 52.3 cm³/mol. The van der Waals surface area contributed by atoms with Crippen LogP contribution in [-0.2, 0) is 4.79 Å². The highest BCUT2D eigenvalue weighted by molar-refractivity contribution is 5.81. The van der Waals surface area contributed by atoms with Gasteiger partial charge in [-0.25, -0.2) is 0 Å². The van der Waals surface area contributed by atoms with Crippen LogP contribution in [0.4, 0.5) is 0 Å². The Labute approximate surface area is 75.9 Å².